The summed E-state index contributed by atoms with van der Waals surface area (Å²) in [5.41, 5.74) is 10.7. The second kappa shape index (κ2) is 11.5. The zero-order valence-corrected chi connectivity index (χ0v) is 28.4. The third-order valence-corrected chi connectivity index (χ3v) is 10.5. The molecule has 0 saturated heterocycles. The maximum atomic E-state index is 15.0. The number of rotatable bonds is 5. The number of halogens is 1. The van der Waals surface area contributed by atoms with Crippen molar-refractivity contribution in [3.63, 3.8) is 0 Å². The van der Waals surface area contributed by atoms with Gasteiger partial charge in [-0.2, -0.15) is 0 Å². The third-order valence-electron chi connectivity index (χ3n) is 10.5. The lowest BCUT2D eigenvalue weighted by Crippen LogP contribution is -2.12. The Hall–Kier alpha value is -7.11. The molecule has 0 radical (unpaired) electrons. The highest BCUT2D eigenvalue weighted by atomic mass is 19.1. The minimum atomic E-state index is -0.278. The van der Waals surface area contributed by atoms with Gasteiger partial charge in [-0.05, 0) is 84.9 Å². The number of furan rings is 1. The number of para-hydroxylation sites is 5. The predicted molar refractivity (Wildman–Crippen MR) is 217 cm³/mol. The summed E-state index contributed by atoms with van der Waals surface area (Å²) < 4.78 is 25.8. The molecule has 3 heterocycles. The van der Waals surface area contributed by atoms with E-state index < -0.39 is 0 Å². The van der Waals surface area contributed by atoms with E-state index in [9.17, 15) is 4.39 Å². The number of benzene rings is 8. The SMILES string of the molecule is Fc1cccc(-n2c3ccccc3c3cccc(N(c4ccc5oc6ccccc6c5c4)c4ccc5c6ccccc6n(-c6ccccc6)c5c4)c32)c1. The zero-order chi connectivity index (χ0) is 35.0. The van der Waals surface area contributed by atoms with E-state index in [1.165, 1.54) is 16.8 Å². The van der Waals surface area contributed by atoms with Gasteiger partial charge in [0.05, 0.1) is 27.8 Å². The quantitative estimate of drug-likeness (QED) is 0.180. The number of fused-ring (bicyclic) bond motifs is 9. The fourth-order valence-corrected chi connectivity index (χ4v) is 8.30. The van der Waals surface area contributed by atoms with Gasteiger partial charge in [-0.1, -0.05) is 97.1 Å². The molecule has 8 aromatic carbocycles. The van der Waals surface area contributed by atoms with Gasteiger partial charge in [-0.25, -0.2) is 4.39 Å². The van der Waals surface area contributed by atoms with Crippen LogP contribution < -0.4 is 4.90 Å². The first-order valence-electron chi connectivity index (χ1n) is 17.8. The molecule has 53 heavy (non-hydrogen) atoms. The number of anilines is 3. The predicted octanol–water partition coefficient (Wildman–Crippen LogP) is 13.4. The zero-order valence-electron chi connectivity index (χ0n) is 28.4. The van der Waals surface area contributed by atoms with Crippen LogP contribution in [0.4, 0.5) is 21.5 Å². The topological polar surface area (TPSA) is 26.2 Å². The van der Waals surface area contributed by atoms with Gasteiger partial charge < -0.3 is 18.5 Å². The van der Waals surface area contributed by atoms with Gasteiger partial charge in [0.15, 0.2) is 0 Å². The molecular weight excluding hydrogens is 654 g/mol. The number of hydrogen-bond donors (Lipinski definition) is 0. The fraction of sp³-hybridized carbons (Fsp3) is 0. The Balaban J connectivity index is 1.26. The fourth-order valence-electron chi connectivity index (χ4n) is 8.30. The largest absolute Gasteiger partial charge is 0.456 e. The molecular formula is C48H30FN3O. The molecule has 0 amide bonds. The molecule has 0 atom stereocenters. The van der Waals surface area contributed by atoms with Crippen molar-refractivity contribution in [2.75, 3.05) is 4.90 Å². The molecule has 11 rings (SSSR count). The van der Waals surface area contributed by atoms with E-state index in [1.807, 2.05) is 24.3 Å². The minimum Gasteiger partial charge on any atom is -0.456 e. The van der Waals surface area contributed by atoms with Crippen LogP contribution >= 0.6 is 0 Å². The van der Waals surface area contributed by atoms with Crippen LogP contribution in [0.2, 0.25) is 0 Å². The molecule has 250 valence electrons. The highest BCUT2D eigenvalue weighted by molar-refractivity contribution is 6.16. The molecule has 0 spiro atoms. The lowest BCUT2D eigenvalue weighted by molar-refractivity contribution is 0.627. The summed E-state index contributed by atoms with van der Waals surface area (Å²) in [6.07, 6.45) is 0. The maximum absolute atomic E-state index is 15.0. The first kappa shape index (κ1) is 29.6. The Morgan fingerprint density at radius 1 is 0.396 bits per heavy atom. The molecule has 4 nitrogen and oxygen atoms in total. The molecule has 5 heteroatoms. The normalized spacial score (nSPS) is 11.9. The average Bonchev–Trinajstić information content (AvgIpc) is 3.86. The average molecular weight is 684 g/mol. The molecule has 0 bridgehead atoms. The van der Waals surface area contributed by atoms with E-state index in [0.717, 1.165) is 83.2 Å². The smallest absolute Gasteiger partial charge is 0.135 e. The Morgan fingerprint density at radius 3 is 1.83 bits per heavy atom. The minimum absolute atomic E-state index is 0.278. The summed E-state index contributed by atoms with van der Waals surface area (Å²) in [7, 11) is 0. The van der Waals surface area contributed by atoms with Crippen molar-refractivity contribution < 1.29 is 8.81 Å². The summed E-state index contributed by atoms with van der Waals surface area (Å²) in [6, 6.07) is 62.2. The van der Waals surface area contributed by atoms with Crippen LogP contribution in [0, 0.1) is 5.82 Å². The van der Waals surface area contributed by atoms with Crippen molar-refractivity contribution in [2.24, 2.45) is 0 Å². The van der Waals surface area contributed by atoms with Crippen LogP contribution in [0.5, 0.6) is 0 Å². The first-order chi connectivity index (χ1) is 26.2. The van der Waals surface area contributed by atoms with E-state index >= 15 is 0 Å². The van der Waals surface area contributed by atoms with Crippen LogP contribution in [-0.2, 0) is 0 Å². The van der Waals surface area contributed by atoms with Gasteiger partial charge in [0.2, 0.25) is 0 Å². The summed E-state index contributed by atoms with van der Waals surface area (Å²) in [6.45, 7) is 0. The molecule has 3 aromatic heterocycles. The van der Waals surface area contributed by atoms with Crippen LogP contribution in [0.3, 0.4) is 0 Å². The molecule has 0 unspecified atom stereocenters. The van der Waals surface area contributed by atoms with Crippen molar-refractivity contribution in [3.8, 4) is 11.4 Å². The number of hydrogen-bond acceptors (Lipinski definition) is 2. The standard InChI is InChI=1S/C48H30FN3O/c49-31-12-10-15-33(28-31)52-43-21-8-5-17-37(43)40-19-11-22-44(48(40)52)50(34-25-27-47-41(29-34)39-18-6-9-23-46(39)53-47)35-24-26-38-36-16-4-7-20-42(36)51(45(38)30-35)32-13-2-1-3-14-32/h1-30H. The van der Waals surface area contributed by atoms with Gasteiger partial charge in [-0.3, -0.25) is 0 Å². The van der Waals surface area contributed by atoms with Crippen molar-refractivity contribution in [1.82, 2.24) is 9.13 Å². The summed E-state index contributed by atoms with van der Waals surface area (Å²) in [5.74, 6) is -0.278. The Bertz CT molecular complexity index is 3210. The number of aromatic nitrogens is 2. The van der Waals surface area contributed by atoms with Crippen LogP contribution in [0.1, 0.15) is 0 Å². The van der Waals surface area contributed by atoms with Gasteiger partial charge in [-0.15, -0.1) is 0 Å². The van der Waals surface area contributed by atoms with Gasteiger partial charge in [0, 0.05) is 55.1 Å². The Morgan fingerprint density at radius 2 is 1.00 bits per heavy atom. The van der Waals surface area contributed by atoms with Crippen LogP contribution in [-0.4, -0.2) is 9.13 Å². The van der Waals surface area contributed by atoms with Crippen LogP contribution in [0.25, 0.3) is 76.9 Å². The highest BCUT2D eigenvalue weighted by Crippen LogP contribution is 2.46. The molecule has 0 saturated carbocycles. The van der Waals surface area contributed by atoms with Crippen molar-refractivity contribution in [3.05, 3.63) is 188 Å². The Kier molecular flexibility index (Phi) is 6.40. The lowest BCUT2D eigenvalue weighted by Gasteiger charge is -2.27. The maximum Gasteiger partial charge on any atom is 0.135 e. The Labute approximate surface area is 303 Å². The summed E-state index contributed by atoms with van der Waals surface area (Å²) in [4.78, 5) is 2.34. The molecule has 0 N–H and O–H groups in total. The van der Waals surface area contributed by atoms with Crippen molar-refractivity contribution >= 4 is 82.6 Å². The molecule has 0 aliphatic heterocycles. The second-order valence-corrected chi connectivity index (χ2v) is 13.5. The summed E-state index contributed by atoms with van der Waals surface area (Å²) in [5, 5.41) is 6.67. The second-order valence-electron chi connectivity index (χ2n) is 13.5. The van der Waals surface area contributed by atoms with Gasteiger partial charge in [0.25, 0.3) is 0 Å². The highest BCUT2D eigenvalue weighted by Gasteiger charge is 2.24. The molecule has 11 aromatic rings. The van der Waals surface area contributed by atoms with E-state index in [1.54, 1.807) is 12.1 Å². The van der Waals surface area contributed by atoms with Gasteiger partial charge in [0.1, 0.15) is 17.0 Å². The van der Waals surface area contributed by atoms with E-state index in [4.69, 9.17) is 4.42 Å². The third kappa shape index (κ3) is 4.47. The van der Waals surface area contributed by atoms with E-state index in [0.29, 0.717) is 0 Å². The van der Waals surface area contributed by atoms with Crippen molar-refractivity contribution in [2.45, 2.75) is 0 Å². The summed E-state index contributed by atoms with van der Waals surface area (Å²) >= 11 is 0. The van der Waals surface area contributed by atoms with Gasteiger partial charge >= 0.3 is 0 Å². The van der Waals surface area contributed by atoms with E-state index in [2.05, 4.69) is 154 Å². The number of nitrogens with zero attached hydrogens (tertiary/aromatic N) is 3. The molecule has 0 aliphatic carbocycles. The molecule has 0 aliphatic rings. The monoisotopic (exact) mass is 683 g/mol. The first-order valence-corrected chi connectivity index (χ1v) is 17.8. The lowest BCUT2D eigenvalue weighted by atomic mass is 10.1. The van der Waals surface area contributed by atoms with Crippen LogP contribution in [0.15, 0.2) is 186 Å². The van der Waals surface area contributed by atoms with Crippen molar-refractivity contribution in [1.29, 1.82) is 0 Å². The van der Waals surface area contributed by atoms with E-state index in [-0.39, 0.29) is 5.82 Å². The molecule has 0 fully saturated rings.